The van der Waals surface area contributed by atoms with Crippen molar-refractivity contribution in [3.63, 3.8) is 0 Å². The van der Waals surface area contributed by atoms with E-state index in [1.165, 1.54) is 12.1 Å². The molecule has 0 aliphatic heterocycles. The lowest BCUT2D eigenvalue weighted by atomic mass is 10.0. The lowest BCUT2D eigenvalue weighted by Gasteiger charge is -2.17. The average molecular weight is 536 g/mol. The Morgan fingerprint density at radius 3 is 2.27 bits per heavy atom. The number of aromatic nitrogens is 2. The summed E-state index contributed by atoms with van der Waals surface area (Å²) in [7, 11) is -4.07. The number of nitrogens with zero attached hydrogens (tertiary/aromatic N) is 2. The lowest BCUT2D eigenvalue weighted by molar-refractivity contribution is -0.140. The first-order valence-electron chi connectivity index (χ1n) is 11.4. The minimum Gasteiger partial charge on any atom is -0.480 e. The van der Waals surface area contributed by atoms with Crippen LogP contribution in [0.25, 0.3) is 44.3 Å². The monoisotopic (exact) mass is 535 g/mol. The van der Waals surface area contributed by atoms with Gasteiger partial charge in [0.05, 0.1) is 10.6 Å². The summed E-state index contributed by atoms with van der Waals surface area (Å²) in [4.78, 5) is 20.0. The zero-order valence-electron chi connectivity index (χ0n) is 19.8. The summed E-state index contributed by atoms with van der Waals surface area (Å²) >= 11 is 5.86. The molecule has 0 unspecified atom stereocenters. The molecule has 0 aliphatic carbocycles. The minimum atomic E-state index is -4.07. The molecule has 2 N–H and O–H groups in total. The molecule has 0 amide bonds. The second-order valence-electron chi connectivity index (χ2n) is 8.95. The number of hydrogen-bond acceptors (Lipinski definition) is 6. The Morgan fingerprint density at radius 2 is 1.62 bits per heavy atom. The van der Waals surface area contributed by atoms with Crippen molar-refractivity contribution in [2.24, 2.45) is 5.92 Å². The fourth-order valence-electron chi connectivity index (χ4n) is 4.07. The highest BCUT2D eigenvalue weighted by Gasteiger charge is 2.28. The first kappa shape index (κ1) is 24.9. The van der Waals surface area contributed by atoms with Gasteiger partial charge in [0.25, 0.3) is 0 Å². The molecule has 0 spiro atoms. The SMILES string of the molecule is CC(C)[C@H](NS(=O)(=O)c1ccc2c(c1)oc1ccc(-c3ccc(-c4ccc(Cl)nc4)nc3)cc12)C(=O)O. The van der Waals surface area contributed by atoms with Gasteiger partial charge in [-0.05, 0) is 53.9 Å². The molecule has 0 bridgehead atoms. The summed E-state index contributed by atoms with van der Waals surface area (Å²) in [5.74, 6) is -1.66. The Hall–Kier alpha value is -3.79. The molecule has 0 saturated carbocycles. The van der Waals surface area contributed by atoms with Gasteiger partial charge in [0.2, 0.25) is 10.0 Å². The molecular formula is C27H22ClN3O5S. The standard InChI is InChI=1S/C27H22ClN3O5S/c1-15(2)26(27(32)33)31-37(34,35)19-6-7-20-21-11-16(4-9-23(21)36-24(20)12-19)17-3-8-22(29-13-17)18-5-10-25(28)30-14-18/h3-15,26,31H,1-2H3,(H,32,33)/t26-/m0/s1. The Bertz CT molecular complexity index is 1730. The molecule has 3 aromatic heterocycles. The van der Waals surface area contributed by atoms with Crippen LogP contribution in [0.3, 0.4) is 0 Å². The summed E-state index contributed by atoms with van der Waals surface area (Å²) in [6.07, 6.45) is 3.44. The largest absolute Gasteiger partial charge is 0.480 e. The first-order chi connectivity index (χ1) is 17.6. The molecule has 0 aliphatic rings. The molecule has 5 rings (SSSR count). The van der Waals surface area contributed by atoms with Crippen molar-refractivity contribution >= 4 is 49.5 Å². The molecule has 0 saturated heterocycles. The normalized spacial score (nSPS) is 12.9. The van der Waals surface area contributed by atoms with Crippen molar-refractivity contribution in [1.82, 2.24) is 14.7 Å². The molecule has 1 atom stereocenters. The van der Waals surface area contributed by atoms with Crippen LogP contribution < -0.4 is 4.72 Å². The zero-order chi connectivity index (χ0) is 26.3. The smallest absolute Gasteiger partial charge is 0.322 e. The summed E-state index contributed by atoms with van der Waals surface area (Å²) in [5.41, 5.74) is 4.43. The molecular weight excluding hydrogens is 514 g/mol. The Kier molecular flexibility index (Phi) is 6.45. The van der Waals surface area contributed by atoms with E-state index in [4.69, 9.17) is 16.0 Å². The average Bonchev–Trinajstić information content (AvgIpc) is 3.25. The van der Waals surface area contributed by atoms with Crippen molar-refractivity contribution in [1.29, 1.82) is 0 Å². The van der Waals surface area contributed by atoms with Crippen molar-refractivity contribution in [3.8, 4) is 22.4 Å². The Balaban J connectivity index is 1.47. The second-order valence-corrected chi connectivity index (χ2v) is 11.1. The maximum Gasteiger partial charge on any atom is 0.322 e. The van der Waals surface area contributed by atoms with Gasteiger partial charge in [-0.3, -0.25) is 9.78 Å². The maximum atomic E-state index is 12.9. The van der Waals surface area contributed by atoms with E-state index < -0.39 is 28.0 Å². The molecule has 2 aromatic carbocycles. The molecule has 37 heavy (non-hydrogen) atoms. The van der Waals surface area contributed by atoms with Crippen LogP contribution in [0.2, 0.25) is 5.15 Å². The van der Waals surface area contributed by atoms with E-state index in [0.717, 1.165) is 33.2 Å². The number of furan rings is 1. The number of halogens is 1. The third-order valence-corrected chi connectivity index (χ3v) is 7.75. The van der Waals surface area contributed by atoms with Crippen LogP contribution in [0.5, 0.6) is 0 Å². The number of carboxylic acid groups (broad SMARTS) is 1. The van der Waals surface area contributed by atoms with Gasteiger partial charge in [-0.1, -0.05) is 37.6 Å². The number of fused-ring (bicyclic) bond motifs is 3. The quantitative estimate of drug-likeness (QED) is 0.254. The number of aliphatic carboxylic acids is 1. The minimum absolute atomic E-state index is 0.0670. The predicted molar refractivity (Wildman–Crippen MR) is 142 cm³/mol. The van der Waals surface area contributed by atoms with Gasteiger partial charge in [-0.2, -0.15) is 4.72 Å². The maximum absolute atomic E-state index is 12.9. The molecule has 5 aromatic rings. The third kappa shape index (κ3) is 4.93. The summed E-state index contributed by atoms with van der Waals surface area (Å²) in [5, 5.41) is 11.3. The number of pyridine rings is 2. The Morgan fingerprint density at radius 1 is 0.892 bits per heavy atom. The number of carboxylic acids is 1. The van der Waals surface area contributed by atoms with Crippen molar-refractivity contribution in [2.45, 2.75) is 24.8 Å². The third-order valence-electron chi connectivity index (χ3n) is 6.09. The van der Waals surface area contributed by atoms with Gasteiger partial charge in [0, 0.05) is 40.4 Å². The second kappa shape index (κ2) is 9.59. The highest BCUT2D eigenvalue weighted by molar-refractivity contribution is 7.89. The lowest BCUT2D eigenvalue weighted by Crippen LogP contribution is -2.44. The van der Waals surface area contributed by atoms with Gasteiger partial charge in [0.1, 0.15) is 22.4 Å². The van der Waals surface area contributed by atoms with E-state index in [9.17, 15) is 18.3 Å². The molecule has 10 heteroatoms. The van der Waals surface area contributed by atoms with E-state index >= 15 is 0 Å². The topological polar surface area (TPSA) is 122 Å². The first-order valence-corrected chi connectivity index (χ1v) is 13.3. The number of rotatable bonds is 7. The zero-order valence-corrected chi connectivity index (χ0v) is 21.4. The van der Waals surface area contributed by atoms with E-state index in [-0.39, 0.29) is 4.90 Å². The van der Waals surface area contributed by atoms with Gasteiger partial charge < -0.3 is 9.52 Å². The highest BCUT2D eigenvalue weighted by Crippen LogP contribution is 2.34. The van der Waals surface area contributed by atoms with Crippen molar-refractivity contribution < 1.29 is 22.7 Å². The molecule has 3 heterocycles. The summed E-state index contributed by atoms with van der Waals surface area (Å²) in [6.45, 7) is 3.28. The van der Waals surface area contributed by atoms with Crippen LogP contribution in [0, 0.1) is 5.92 Å². The fraction of sp³-hybridized carbons (Fsp3) is 0.148. The van der Waals surface area contributed by atoms with E-state index in [0.29, 0.717) is 16.3 Å². The van der Waals surface area contributed by atoms with Crippen LogP contribution in [0.1, 0.15) is 13.8 Å². The van der Waals surface area contributed by atoms with Crippen molar-refractivity contribution in [2.75, 3.05) is 0 Å². The van der Waals surface area contributed by atoms with Gasteiger partial charge >= 0.3 is 5.97 Å². The molecule has 0 fully saturated rings. The Labute approximate surface area is 218 Å². The number of nitrogens with one attached hydrogen (secondary N) is 1. The van der Waals surface area contributed by atoms with Crippen LogP contribution in [-0.4, -0.2) is 35.5 Å². The fourth-order valence-corrected chi connectivity index (χ4v) is 5.54. The predicted octanol–water partition coefficient (Wildman–Crippen LogP) is 5.75. The van der Waals surface area contributed by atoms with Crippen LogP contribution >= 0.6 is 11.6 Å². The number of sulfonamides is 1. The van der Waals surface area contributed by atoms with Crippen LogP contribution in [0.4, 0.5) is 0 Å². The van der Waals surface area contributed by atoms with E-state index in [1.807, 2.05) is 36.4 Å². The van der Waals surface area contributed by atoms with E-state index in [2.05, 4.69) is 14.7 Å². The van der Waals surface area contributed by atoms with Gasteiger partial charge in [-0.15, -0.1) is 0 Å². The van der Waals surface area contributed by atoms with Crippen molar-refractivity contribution in [3.05, 3.63) is 78.2 Å². The van der Waals surface area contributed by atoms with E-state index in [1.54, 1.807) is 38.4 Å². The molecule has 0 radical (unpaired) electrons. The number of benzene rings is 2. The van der Waals surface area contributed by atoms with Crippen LogP contribution in [0.15, 0.2) is 82.4 Å². The van der Waals surface area contributed by atoms with Gasteiger partial charge in [0.15, 0.2) is 0 Å². The molecule has 8 nitrogen and oxygen atoms in total. The summed E-state index contributed by atoms with van der Waals surface area (Å²) < 4.78 is 33.9. The number of hydrogen-bond donors (Lipinski definition) is 2. The molecule has 188 valence electrons. The van der Waals surface area contributed by atoms with Crippen LogP contribution in [-0.2, 0) is 14.8 Å². The van der Waals surface area contributed by atoms with Gasteiger partial charge in [-0.25, -0.2) is 13.4 Å². The highest BCUT2D eigenvalue weighted by atomic mass is 35.5. The number of carbonyl (C=O) groups is 1. The summed E-state index contributed by atoms with van der Waals surface area (Å²) in [6, 6.07) is 16.4.